The first-order chi connectivity index (χ1) is 10.1. The molecule has 0 amide bonds. The van der Waals surface area contributed by atoms with Crippen molar-refractivity contribution in [2.75, 3.05) is 17.8 Å². The molecule has 0 saturated carbocycles. The number of aromatic nitrogens is 3. The van der Waals surface area contributed by atoms with E-state index in [1.807, 2.05) is 34.9 Å². The quantitative estimate of drug-likeness (QED) is 0.777. The molecular formula is C13H15N3O3S2. The van der Waals surface area contributed by atoms with Gasteiger partial charge in [0, 0.05) is 34.9 Å². The molecule has 1 aromatic heterocycles. The second-order valence-electron chi connectivity index (χ2n) is 4.28. The molecule has 1 N–H and O–H groups in total. The molecule has 0 saturated heterocycles. The predicted molar refractivity (Wildman–Crippen MR) is 82.8 cm³/mol. The van der Waals surface area contributed by atoms with Crippen molar-refractivity contribution < 1.29 is 14.1 Å². The number of nitrogens with zero attached hydrogens (tertiary/aromatic N) is 3. The molecule has 1 atom stereocenters. The van der Waals surface area contributed by atoms with E-state index >= 15 is 0 Å². The molecule has 0 aliphatic rings. The second-order valence-corrected chi connectivity index (χ2v) is 6.78. The molecule has 112 valence electrons. The lowest BCUT2D eigenvalue weighted by atomic mass is 10.2. The van der Waals surface area contributed by atoms with Crippen LogP contribution in [0.5, 0.6) is 0 Å². The van der Waals surface area contributed by atoms with Crippen molar-refractivity contribution in [1.82, 2.24) is 14.8 Å². The van der Waals surface area contributed by atoms with Gasteiger partial charge in [0.1, 0.15) is 0 Å². The molecule has 0 aliphatic heterocycles. The lowest BCUT2D eigenvalue weighted by Gasteiger charge is -2.08. The Morgan fingerprint density at radius 3 is 2.67 bits per heavy atom. The first kappa shape index (κ1) is 15.7. The summed E-state index contributed by atoms with van der Waals surface area (Å²) >= 11 is 1.11. The third kappa shape index (κ3) is 4.40. The Hall–Kier alpha value is -1.67. The van der Waals surface area contributed by atoms with Gasteiger partial charge in [0.25, 0.3) is 0 Å². The van der Waals surface area contributed by atoms with Crippen molar-refractivity contribution >= 4 is 28.5 Å². The first-order valence-corrected chi connectivity index (χ1v) is 8.92. The van der Waals surface area contributed by atoms with Gasteiger partial charge in [0.2, 0.25) is 0 Å². The fourth-order valence-electron chi connectivity index (χ4n) is 1.74. The topological polar surface area (TPSA) is 85.1 Å². The highest BCUT2D eigenvalue weighted by Crippen LogP contribution is 2.23. The minimum absolute atomic E-state index is 0.0812. The zero-order chi connectivity index (χ0) is 15.2. The third-order valence-electron chi connectivity index (χ3n) is 2.68. The molecule has 1 aromatic carbocycles. The molecule has 0 fully saturated rings. The van der Waals surface area contributed by atoms with E-state index in [-0.39, 0.29) is 5.75 Å². The summed E-state index contributed by atoms with van der Waals surface area (Å²) < 4.78 is 13.1. The average molecular weight is 325 g/mol. The summed E-state index contributed by atoms with van der Waals surface area (Å²) in [5.74, 6) is 0.143. The highest BCUT2D eigenvalue weighted by Gasteiger charge is 2.15. The monoisotopic (exact) mass is 325 g/mol. The number of carboxylic acids is 1. The largest absolute Gasteiger partial charge is 0.481 e. The number of thioether (sulfide) groups is 1. The van der Waals surface area contributed by atoms with Crippen molar-refractivity contribution in [3.63, 3.8) is 0 Å². The number of carbonyl (C=O) groups is 1. The number of hydrogen-bond acceptors (Lipinski definition) is 5. The van der Waals surface area contributed by atoms with Crippen LogP contribution in [0.2, 0.25) is 0 Å². The van der Waals surface area contributed by atoms with E-state index in [4.69, 9.17) is 5.11 Å². The molecule has 0 radical (unpaired) electrons. The Balaban J connectivity index is 2.31. The van der Waals surface area contributed by atoms with Gasteiger partial charge in [-0.25, -0.2) is 0 Å². The van der Waals surface area contributed by atoms with Gasteiger partial charge in [0.05, 0.1) is 5.75 Å². The molecule has 0 aliphatic carbocycles. The van der Waals surface area contributed by atoms with Crippen LogP contribution in [0.1, 0.15) is 0 Å². The van der Waals surface area contributed by atoms with Crippen molar-refractivity contribution in [2.24, 2.45) is 0 Å². The summed E-state index contributed by atoms with van der Waals surface area (Å²) in [6.45, 7) is 0.488. The van der Waals surface area contributed by atoms with Gasteiger partial charge in [-0.3, -0.25) is 9.00 Å². The lowest BCUT2D eigenvalue weighted by molar-refractivity contribution is -0.133. The summed E-state index contributed by atoms with van der Waals surface area (Å²) in [4.78, 5) is 10.7. The maximum atomic E-state index is 11.3. The lowest BCUT2D eigenvalue weighted by Crippen LogP contribution is -2.10. The van der Waals surface area contributed by atoms with Gasteiger partial charge in [-0.15, -0.1) is 10.2 Å². The van der Waals surface area contributed by atoms with Crippen LogP contribution in [0.4, 0.5) is 0 Å². The molecule has 1 unspecified atom stereocenters. The Bertz CT molecular complexity index is 643. The normalized spacial score (nSPS) is 12.2. The number of rotatable bonds is 7. The minimum Gasteiger partial charge on any atom is -0.481 e. The van der Waals surface area contributed by atoms with E-state index in [1.165, 1.54) is 0 Å². The number of carboxylic acid groups (broad SMARTS) is 1. The molecule has 2 rings (SSSR count). The Morgan fingerprint density at radius 2 is 2.05 bits per heavy atom. The molecule has 8 heteroatoms. The fourth-order valence-corrected chi connectivity index (χ4v) is 2.87. The van der Waals surface area contributed by atoms with Crippen LogP contribution in [0.3, 0.4) is 0 Å². The molecular weight excluding hydrogens is 310 g/mol. The van der Waals surface area contributed by atoms with E-state index in [0.29, 0.717) is 23.3 Å². The van der Waals surface area contributed by atoms with Crippen LogP contribution in [-0.4, -0.2) is 47.8 Å². The summed E-state index contributed by atoms with van der Waals surface area (Å²) in [7, 11) is -0.938. The fraction of sp³-hybridized carbons (Fsp3) is 0.308. The molecule has 0 bridgehead atoms. The van der Waals surface area contributed by atoms with Gasteiger partial charge >= 0.3 is 5.97 Å². The predicted octanol–water partition coefficient (Wildman–Crippen LogP) is 1.50. The van der Waals surface area contributed by atoms with Crippen molar-refractivity contribution in [1.29, 1.82) is 0 Å². The molecule has 21 heavy (non-hydrogen) atoms. The van der Waals surface area contributed by atoms with E-state index in [1.54, 1.807) is 6.26 Å². The SMILES string of the molecule is CS(=O)CCn1c(SCC(=O)O)nnc1-c1ccccc1. The zero-order valence-corrected chi connectivity index (χ0v) is 13.1. The van der Waals surface area contributed by atoms with Crippen LogP contribution in [0.15, 0.2) is 35.5 Å². The minimum atomic E-state index is -0.938. The van der Waals surface area contributed by atoms with Gasteiger partial charge in [-0.1, -0.05) is 42.1 Å². The van der Waals surface area contributed by atoms with Crippen LogP contribution in [0, 0.1) is 0 Å². The summed E-state index contributed by atoms with van der Waals surface area (Å²) in [6.07, 6.45) is 1.64. The van der Waals surface area contributed by atoms with Crippen LogP contribution >= 0.6 is 11.8 Å². The highest BCUT2D eigenvalue weighted by atomic mass is 32.2. The van der Waals surface area contributed by atoms with Gasteiger partial charge in [0.15, 0.2) is 11.0 Å². The summed E-state index contributed by atoms with van der Waals surface area (Å²) in [5, 5.41) is 17.5. The van der Waals surface area contributed by atoms with Gasteiger partial charge in [-0.2, -0.15) is 0 Å². The maximum absolute atomic E-state index is 11.3. The van der Waals surface area contributed by atoms with Crippen LogP contribution in [-0.2, 0) is 22.1 Å². The molecule has 2 aromatic rings. The molecule has 0 spiro atoms. The first-order valence-electron chi connectivity index (χ1n) is 6.21. The average Bonchev–Trinajstić information content (AvgIpc) is 2.86. The van der Waals surface area contributed by atoms with Crippen molar-refractivity contribution in [3.05, 3.63) is 30.3 Å². The van der Waals surface area contributed by atoms with Crippen molar-refractivity contribution in [2.45, 2.75) is 11.7 Å². The number of aliphatic carboxylic acids is 1. The van der Waals surface area contributed by atoms with Gasteiger partial charge in [-0.05, 0) is 0 Å². The number of hydrogen-bond donors (Lipinski definition) is 1. The third-order valence-corrected chi connectivity index (χ3v) is 4.38. The smallest absolute Gasteiger partial charge is 0.313 e. The van der Waals surface area contributed by atoms with Gasteiger partial charge < -0.3 is 9.67 Å². The van der Waals surface area contributed by atoms with E-state index in [2.05, 4.69) is 10.2 Å². The standard InChI is InChI=1S/C13H15N3O3S2/c1-21(19)8-7-16-12(10-5-3-2-4-6-10)14-15-13(16)20-9-11(17)18/h2-6H,7-9H2,1H3,(H,17,18). The second kappa shape index (κ2) is 7.37. The van der Waals surface area contributed by atoms with Crippen LogP contribution < -0.4 is 0 Å². The maximum Gasteiger partial charge on any atom is 0.313 e. The van der Waals surface area contributed by atoms with E-state index in [9.17, 15) is 9.00 Å². The summed E-state index contributed by atoms with van der Waals surface area (Å²) in [6, 6.07) is 9.53. The molecule has 6 nitrogen and oxygen atoms in total. The summed E-state index contributed by atoms with van der Waals surface area (Å²) in [5.41, 5.74) is 0.897. The zero-order valence-electron chi connectivity index (χ0n) is 11.4. The Morgan fingerprint density at radius 1 is 1.33 bits per heavy atom. The van der Waals surface area contributed by atoms with E-state index < -0.39 is 16.8 Å². The Kier molecular flexibility index (Phi) is 5.51. The molecule has 1 heterocycles. The van der Waals surface area contributed by atoms with E-state index in [0.717, 1.165) is 17.3 Å². The van der Waals surface area contributed by atoms with Crippen molar-refractivity contribution in [3.8, 4) is 11.4 Å². The Labute approximate surface area is 129 Å². The highest BCUT2D eigenvalue weighted by molar-refractivity contribution is 7.99. The van der Waals surface area contributed by atoms with Crippen LogP contribution in [0.25, 0.3) is 11.4 Å². The number of benzene rings is 1.